The highest BCUT2D eigenvalue weighted by molar-refractivity contribution is 5.86. The summed E-state index contributed by atoms with van der Waals surface area (Å²) in [5.74, 6) is 0.630. The van der Waals surface area contributed by atoms with Crippen molar-refractivity contribution in [1.29, 1.82) is 0 Å². The normalized spacial score (nSPS) is 10.0. The number of rotatable bonds is 5. The Morgan fingerprint density at radius 1 is 1.05 bits per heavy atom. The zero-order valence-electron chi connectivity index (χ0n) is 11.9. The number of aromatic nitrogens is 1. The van der Waals surface area contributed by atoms with E-state index in [0.717, 1.165) is 0 Å². The van der Waals surface area contributed by atoms with Gasteiger partial charge >= 0.3 is 5.97 Å². The number of ether oxygens (including phenoxy) is 3. The number of nitrogens with zero attached hydrogens (tertiary/aromatic N) is 1. The lowest BCUT2D eigenvalue weighted by atomic mass is 10.0. The Morgan fingerprint density at radius 3 is 2.05 bits per heavy atom. The van der Waals surface area contributed by atoms with E-state index in [1.807, 2.05) is 0 Å². The van der Waals surface area contributed by atoms with Crippen molar-refractivity contribution in [3.8, 4) is 28.4 Å². The molecule has 0 bridgehead atoms. The molecule has 2 rings (SSSR count). The zero-order valence-corrected chi connectivity index (χ0v) is 11.9. The van der Waals surface area contributed by atoms with Crippen LogP contribution >= 0.6 is 0 Å². The molecule has 1 heterocycles. The van der Waals surface area contributed by atoms with Crippen LogP contribution in [0, 0.1) is 0 Å². The van der Waals surface area contributed by atoms with Crippen LogP contribution in [0.2, 0.25) is 0 Å². The third-order valence-corrected chi connectivity index (χ3v) is 2.99. The number of carboxylic acid groups (broad SMARTS) is 1. The molecule has 2 aromatic rings. The highest BCUT2D eigenvalue weighted by atomic mass is 16.5. The van der Waals surface area contributed by atoms with Gasteiger partial charge in [0.15, 0.2) is 0 Å². The molecule has 110 valence electrons. The number of aromatic carboxylic acids is 1. The molecule has 1 aromatic carbocycles. The maximum Gasteiger partial charge on any atom is 0.354 e. The molecule has 0 amide bonds. The van der Waals surface area contributed by atoms with Gasteiger partial charge in [0.2, 0.25) is 0 Å². The minimum absolute atomic E-state index is 0.0230. The van der Waals surface area contributed by atoms with Gasteiger partial charge in [0.05, 0.1) is 26.9 Å². The molecule has 0 unspecified atom stereocenters. The van der Waals surface area contributed by atoms with E-state index in [1.54, 1.807) is 25.3 Å². The molecular weight excluding hydrogens is 274 g/mol. The van der Waals surface area contributed by atoms with Gasteiger partial charge in [-0.1, -0.05) is 6.07 Å². The van der Waals surface area contributed by atoms with E-state index in [-0.39, 0.29) is 5.69 Å². The highest BCUT2D eigenvalue weighted by Gasteiger charge is 2.16. The van der Waals surface area contributed by atoms with E-state index in [4.69, 9.17) is 19.3 Å². The monoisotopic (exact) mass is 289 g/mol. The largest absolute Gasteiger partial charge is 0.496 e. The average Bonchev–Trinajstić information content (AvgIpc) is 2.53. The molecule has 1 N–H and O–H groups in total. The van der Waals surface area contributed by atoms with Crippen LogP contribution in [-0.4, -0.2) is 37.4 Å². The fraction of sp³-hybridized carbons (Fsp3) is 0.200. The molecule has 0 atom stereocenters. The summed E-state index contributed by atoms with van der Waals surface area (Å²) >= 11 is 0. The summed E-state index contributed by atoms with van der Waals surface area (Å²) in [5.41, 5.74) is 1.35. The van der Waals surface area contributed by atoms with Crippen LogP contribution in [0.3, 0.4) is 0 Å². The Labute approximate surface area is 121 Å². The summed E-state index contributed by atoms with van der Waals surface area (Å²) in [6.45, 7) is 0. The Balaban J connectivity index is 2.58. The summed E-state index contributed by atoms with van der Waals surface area (Å²) in [6, 6.07) is 6.54. The van der Waals surface area contributed by atoms with E-state index in [0.29, 0.717) is 28.4 Å². The summed E-state index contributed by atoms with van der Waals surface area (Å²) in [6.07, 6.45) is 1.47. The van der Waals surface area contributed by atoms with Crippen molar-refractivity contribution in [2.24, 2.45) is 0 Å². The SMILES string of the molecule is COc1cc(OC)c(-c2ccc(C(=O)O)nc2)c(OC)c1. The molecule has 0 aliphatic rings. The van der Waals surface area contributed by atoms with E-state index in [2.05, 4.69) is 4.98 Å². The lowest BCUT2D eigenvalue weighted by molar-refractivity contribution is 0.0690. The highest BCUT2D eigenvalue weighted by Crippen LogP contribution is 2.41. The van der Waals surface area contributed by atoms with Gasteiger partial charge in [-0.3, -0.25) is 0 Å². The second-order valence-corrected chi connectivity index (χ2v) is 4.14. The zero-order chi connectivity index (χ0) is 15.4. The molecule has 0 saturated carbocycles. The van der Waals surface area contributed by atoms with Crippen LogP contribution in [0.1, 0.15) is 10.5 Å². The Morgan fingerprint density at radius 2 is 1.67 bits per heavy atom. The lowest BCUT2D eigenvalue weighted by Crippen LogP contribution is -2.00. The lowest BCUT2D eigenvalue weighted by Gasteiger charge is -2.15. The molecule has 6 heteroatoms. The summed E-state index contributed by atoms with van der Waals surface area (Å²) < 4.78 is 15.9. The van der Waals surface area contributed by atoms with Crippen LogP contribution in [0.15, 0.2) is 30.5 Å². The smallest absolute Gasteiger partial charge is 0.354 e. The van der Waals surface area contributed by atoms with Crippen molar-refractivity contribution in [2.75, 3.05) is 21.3 Å². The van der Waals surface area contributed by atoms with Gasteiger partial charge in [-0.15, -0.1) is 0 Å². The quantitative estimate of drug-likeness (QED) is 0.911. The second kappa shape index (κ2) is 6.13. The maximum absolute atomic E-state index is 10.9. The van der Waals surface area contributed by atoms with Crippen molar-refractivity contribution in [2.45, 2.75) is 0 Å². The Kier molecular flexibility index (Phi) is 4.27. The first-order valence-electron chi connectivity index (χ1n) is 6.10. The number of hydrogen-bond donors (Lipinski definition) is 1. The van der Waals surface area contributed by atoms with Gasteiger partial charge in [0.1, 0.15) is 22.9 Å². The molecular formula is C15H15NO5. The first-order chi connectivity index (χ1) is 10.1. The molecule has 0 radical (unpaired) electrons. The van der Waals surface area contributed by atoms with E-state index < -0.39 is 5.97 Å². The predicted molar refractivity (Wildman–Crippen MR) is 76.3 cm³/mol. The van der Waals surface area contributed by atoms with Gasteiger partial charge in [0, 0.05) is 23.9 Å². The second-order valence-electron chi connectivity index (χ2n) is 4.14. The number of hydrogen-bond acceptors (Lipinski definition) is 5. The molecule has 0 fully saturated rings. The van der Waals surface area contributed by atoms with Crippen LogP contribution in [-0.2, 0) is 0 Å². The van der Waals surface area contributed by atoms with Crippen LogP contribution in [0.5, 0.6) is 17.2 Å². The minimum atomic E-state index is -1.07. The third-order valence-electron chi connectivity index (χ3n) is 2.99. The Hall–Kier alpha value is -2.76. The average molecular weight is 289 g/mol. The molecule has 0 saturated heterocycles. The number of carboxylic acids is 1. The van der Waals surface area contributed by atoms with Crippen LogP contribution in [0.4, 0.5) is 0 Å². The van der Waals surface area contributed by atoms with E-state index in [1.165, 1.54) is 26.5 Å². The van der Waals surface area contributed by atoms with Gasteiger partial charge in [0.25, 0.3) is 0 Å². The topological polar surface area (TPSA) is 77.9 Å². The maximum atomic E-state index is 10.9. The number of benzene rings is 1. The third kappa shape index (κ3) is 2.89. The summed E-state index contributed by atoms with van der Waals surface area (Å²) in [7, 11) is 4.63. The van der Waals surface area contributed by atoms with Gasteiger partial charge < -0.3 is 19.3 Å². The molecule has 0 spiro atoms. The molecule has 0 aliphatic carbocycles. The van der Waals surface area contributed by atoms with Crippen molar-refractivity contribution in [3.05, 3.63) is 36.2 Å². The predicted octanol–water partition coefficient (Wildman–Crippen LogP) is 2.47. The summed E-state index contributed by atoms with van der Waals surface area (Å²) in [4.78, 5) is 14.8. The van der Waals surface area contributed by atoms with Gasteiger partial charge in [-0.05, 0) is 6.07 Å². The first kappa shape index (κ1) is 14.6. The number of carbonyl (C=O) groups is 1. The molecule has 21 heavy (non-hydrogen) atoms. The van der Waals surface area contributed by atoms with Gasteiger partial charge in [-0.2, -0.15) is 0 Å². The standard InChI is InChI=1S/C15H15NO5/c1-19-10-6-12(20-2)14(13(7-10)21-3)9-4-5-11(15(17)18)16-8-9/h4-8H,1-3H3,(H,17,18). The number of pyridine rings is 1. The van der Waals surface area contributed by atoms with Crippen molar-refractivity contribution in [3.63, 3.8) is 0 Å². The van der Waals surface area contributed by atoms with Crippen LogP contribution in [0.25, 0.3) is 11.1 Å². The first-order valence-corrected chi connectivity index (χ1v) is 6.10. The van der Waals surface area contributed by atoms with Crippen molar-refractivity contribution < 1.29 is 24.1 Å². The van der Waals surface area contributed by atoms with Crippen molar-refractivity contribution in [1.82, 2.24) is 4.98 Å². The summed E-state index contributed by atoms with van der Waals surface area (Å²) in [5, 5.41) is 8.89. The Bertz CT molecular complexity index is 627. The molecule has 6 nitrogen and oxygen atoms in total. The van der Waals surface area contributed by atoms with Crippen LogP contribution < -0.4 is 14.2 Å². The van der Waals surface area contributed by atoms with E-state index >= 15 is 0 Å². The molecule has 1 aromatic heterocycles. The minimum Gasteiger partial charge on any atom is -0.496 e. The number of methoxy groups -OCH3 is 3. The fourth-order valence-corrected chi connectivity index (χ4v) is 1.96. The van der Waals surface area contributed by atoms with Gasteiger partial charge in [-0.25, -0.2) is 9.78 Å². The van der Waals surface area contributed by atoms with Crippen molar-refractivity contribution >= 4 is 5.97 Å². The van der Waals surface area contributed by atoms with E-state index in [9.17, 15) is 4.79 Å². The fourth-order valence-electron chi connectivity index (χ4n) is 1.96. The molecule has 0 aliphatic heterocycles.